The lowest BCUT2D eigenvalue weighted by atomic mass is 9.86. The fraction of sp³-hybridized carbons (Fsp3) is 0.500. The number of hydrogen-bond acceptors (Lipinski definition) is 4. The Bertz CT molecular complexity index is 1360. The highest BCUT2D eigenvalue weighted by molar-refractivity contribution is 5.90. The van der Waals surface area contributed by atoms with Crippen LogP contribution >= 0.6 is 0 Å². The maximum absolute atomic E-state index is 14.0. The molecule has 6 rings (SSSR count). The van der Waals surface area contributed by atoms with Crippen molar-refractivity contribution in [2.75, 3.05) is 13.1 Å². The standard InChI is InChI=1S/C40H50N4O4/c45-37(41-35-21-11-19-33-17-7-9-25-43(33)39(35)47)31(27-29-13-3-1-4-14-29)23-24-32(28-30-15-5-2-6-16-30)38(46)42-36-22-12-20-34-18-8-10-26-44(34)40(36)48/h1-6,11-16,19-20,31-36H,7-10,17-18,21-28H2,(H,41,45)(H,42,46). The van der Waals surface area contributed by atoms with E-state index in [-0.39, 0.29) is 35.7 Å². The molecule has 4 aliphatic heterocycles. The van der Waals surface area contributed by atoms with E-state index in [0.717, 1.165) is 62.7 Å². The predicted molar refractivity (Wildman–Crippen MR) is 187 cm³/mol. The van der Waals surface area contributed by atoms with Crippen LogP contribution in [0.4, 0.5) is 0 Å². The van der Waals surface area contributed by atoms with Crippen molar-refractivity contribution in [2.24, 2.45) is 11.8 Å². The van der Waals surface area contributed by atoms with Gasteiger partial charge < -0.3 is 20.4 Å². The number of nitrogens with zero attached hydrogens (tertiary/aromatic N) is 2. The van der Waals surface area contributed by atoms with Crippen LogP contribution in [0.15, 0.2) is 85.0 Å². The van der Waals surface area contributed by atoms with E-state index in [1.54, 1.807) is 0 Å². The van der Waals surface area contributed by atoms with Crippen LogP contribution in [0.25, 0.3) is 0 Å². The van der Waals surface area contributed by atoms with Crippen molar-refractivity contribution in [3.8, 4) is 0 Å². The van der Waals surface area contributed by atoms with Gasteiger partial charge in [-0.15, -0.1) is 0 Å². The molecule has 2 N–H and O–H groups in total. The zero-order valence-electron chi connectivity index (χ0n) is 28.0. The van der Waals surface area contributed by atoms with Gasteiger partial charge in [-0.2, -0.15) is 0 Å². The number of piperidine rings is 2. The average Bonchev–Trinajstić information content (AvgIpc) is 3.37. The molecule has 6 atom stereocenters. The molecule has 4 heterocycles. The first-order valence-electron chi connectivity index (χ1n) is 18.1. The maximum atomic E-state index is 14.0. The predicted octanol–water partition coefficient (Wildman–Crippen LogP) is 5.14. The molecule has 0 radical (unpaired) electrons. The summed E-state index contributed by atoms with van der Waals surface area (Å²) < 4.78 is 0. The summed E-state index contributed by atoms with van der Waals surface area (Å²) in [6, 6.07) is 18.9. The van der Waals surface area contributed by atoms with Gasteiger partial charge in [0, 0.05) is 24.9 Å². The highest BCUT2D eigenvalue weighted by Gasteiger charge is 2.36. The summed E-state index contributed by atoms with van der Waals surface area (Å²) in [4.78, 5) is 59.1. The highest BCUT2D eigenvalue weighted by Crippen LogP contribution is 2.26. The number of benzene rings is 2. The zero-order chi connectivity index (χ0) is 33.3. The molecule has 4 amide bonds. The molecule has 2 fully saturated rings. The first-order chi connectivity index (χ1) is 23.5. The van der Waals surface area contributed by atoms with E-state index in [1.807, 2.05) is 82.6 Å². The zero-order valence-corrected chi connectivity index (χ0v) is 28.0. The van der Waals surface area contributed by atoms with Gasteiger partial charge in [0.1, 0.15) is 12.1 Å². The van der Waals surface area contributed by atoms with E-state index >= 15 is 0 Å². The molecule has 8 nitrogen and oxygen atoms in total. The lowest BCUT2D eigenvalue weighted by molar-refractivity contribution is -0.139. The third-order valence-electron chi connectivity index (χ3n) is 10.6. The van der Waals surface area contributed by atoms with Gasteiger partial charge >= 0.3 is 0 Å². The number of nitrogens with one attached hydrogen (secondary N) is 2. The summed E-state index contributed by atoms with van der Waals surface area (Å²) in [5.74, 6) is -1.16. The van der Waals surface area contributed by atoms with Gasteiger partial charge in [-0.05, 0) is 88.2 Å². The Labute approximate surface area is 285 Å². The molecule has 0 spiro atoms. The maximum Gasteiger partial charge on any atom is 0.245 e. The Morgan fingerprint density at radius 3 is 1.46 bits per heavy atom. The van der Waals surface area contributed by atoms with Crippen LogP contribution in [0.2, 0.25) is 0 Å². The molecule has 48 heavy (non-hydrogen) atoms. The molecule has 0 aliphatic carbocycles. The van der Waals surface area contributed by atoms with E-state index in [4.69, 9.17) is 0 Å². The molecule has 8 heteroatoms. The lowest BCUT2D eigenvalue weighted by Gasteiger charge is -2.35. The van der Waals surface area contributed by atoms with Crippen LogP contribution in [0.3, 0.4) is 0 Å². The van der Waals surface area contributed by atoms with Crippen LogP contribution in [0.1, 0.15) is 75.3 Å². The molecular formula is C40H50N4O4. The second-order valence-corrected chi connectivity index (χ2v) is 14.0. The van der Waals surface area contributed by atoms with Crippen LogP contribution in [-0.2, 0) is 32.0 Å². The average molecular weight is 651 g/mol. The van der Waals surface area contributed by atoms with Gasteiger partial charge in [0.15, 0.2) is 0 Å². The molecule has 2 aromatic rings. The number of carbonyl (C=O) groups excluding carboxylic acids is 4. The lowest BCUT2D eigenvalue weighted by Crippen LogP contribution is -2.53. The van der Waals surface area contributed by atoms with E-state index in [2.05, 4.69) is 22.8 Å². The molecular weight excluding hydrogens is 600 g/mol. The monoisotopic (exact) mass is 650 g/mol. The number of carbonyl (C=O) groups is 4. The number of amides is 4. The Hall–Kier alpha value is -4.20. The molecule has 0 aromatic heterocycles. The van der Waals surface area contributed by atoms with Crippen molar-refractivity contribution >= 4 is 23.6 Å². The fourth-order valence-electron chi connectivity index (χ4n) is 7.88. The summed E-state index contributed by atoms with van der Waals surface area (Å²) in [5.41, 5.74) is 2.08. The molecule has 6 unspecified atom stereocenters. The second-order valence-electron chi connectivity index (χ2n) is 14.0. The van der Waals surface area contributed by atoms with Crippen LogP contribution in [0.5, 0.6) is 0 Å². The van der Waals surface area contributed by atoms with Crippen LogP contribution < -0.4 is 10.6 Å². The van der Waals surface area contributed by atoms with Crippen molar-refractivity contribution < 1.29 is 19.2 Å². The van der Waals surface area contributed by atoms with Crippen molar-refractivity contribution in [3.05, 3.63) is 96.1 Å². The summed E-state index contributed by atoms with van der Waals surface area (Å²) in [6.45, 7) is 1.45. The normalized spacial score (nSPS) is 25.2. The van der Waals surface area contributed by atoms with Gasteiger partial charge in [-0.25, -0.2) is 0 Å². The van der Waals surface area contributed by atoms with Crippen molar-refractivity contribution in [1.82, 2.24) is 20.4 Å². The third-order valence-corrected chi connectivity index (χ3v) is 10.6. The van der Waals surface area contributed by atoms with E-state index in [1.165, 1.54) is 0 Å². The molecule has 2 aromatic carbocycles. The summed E-state index contributed by atoms with van der Waals surface area (Å²) in [7, 11) is 0. The van der Waals surface area contributed by atoms with E-state index < -0.39 is 23.9 Å². The van der Waals surface area contributed by atoms with E-state index in [0.29, 0.717) is 38.5 Å². The summed E-state index contributed by atoms with van der Waals surface area (Å²) in [6.07, 6.45) is 17.4. The molecule has 2 saturated heterocycles. The first-order valence-corrected chi connectivity index (χ1v) is 18.1. The smallest absolute Gasteiger partial charge is 0.245 e. The van der Waals surface area contributed by atoms with Crippen molar-refractivity contribution in [2.45, 2.75) is 101 Å². The second kappa shape index (κ2) is 16.3. The molecule has 0 saturated carbocycles. The minimum Gasteiger partial charge on any atom is -0.344 e. The van der Waals surface area contributed by atoms with Gasteiger partial charge in [-0.3, -0.25) is 19.2 Å². The van der Waals surface area contributed by atoms with Gasteiger partial charge in [0.05, 0.1) is 12.1 Å². The van der Waals surface area contributed by atoms with Gasteiger partial charge in [-0.1, -0.05) is 85.0 Å². The van der Waals surface area contributed by atoms with Crippen LogP contribution in [0, 0.1) is 11.8 Å². The SMILES string of the molecule is O=C(NC1CC=CC2CCCCN2C1=O)C(CCC(Cc1ccccc1)C(=O)NC1CC=CC2CCCCN2C1=O)Cc1ccccc1. The Morgan fingerprint density at radius 2 is 1.04 bits per heavy atom. The largest absolute Gasteiger partial charge is 0.344 e. The molecule has 0 bridgehead atoms. The Morgan fingerprint density at radius 1 is 0.625 bits per heavy atom. The number of hydrogen-bond donors (Lipinski definition) is 2. The van der Waals surface area contributed by atoms with E-state index in [9.17, 15) is 19.2 Å². The summed E-state index contributed by atoms with van der Waals surface area (Å²) >= 11 is 0. The third kappa shape index (κ3) is 8.44. The van der Waals surface area contributed by atoms with Crippen LogP contribution in [-0.4, -0.2) is 70.7 Å². The number of rotatable bonds is 11. The topological polar surface area (TPSA) is 98.8 Å². The van der Waals surface area contributed by atoms with Crippen molar-refractivity contribution in [3.63, 3.8) is 0 Å². The minimum absolute atomic E-state index is 0.00379. The van der Waals surface area contributed by atoms with Gasteiger partial charge in [0.2, 0.25) is 23.6 Å². The quantitative estimate of drug-likeness (QED) is 0.330. The fourth-order valence-corrected chi connectivity index (χ4v) is 7.88. The summed E-state index contributed by atoms with van der Waals surface area (Å²) in [5, 5.41) is 6.26. The van der Waals surface area contributed by atoms with Crippen molar-refractivity contribution in [1.29, 1.82) is 0 Å². The molecule has 254 valence electrons. The number of fused-ring (bicyclic) bond motifs is 2. The molecule has 4 aliphatic rings. The Kier molecular flexibility index (Phi) is 11.4. The van der Waals surface area contributed by atoms with Gasteiger partial charge in [0.25, 0.3) is 0 Å². The first kappa shape index (κ1) is 33.7. The Balaban J connectivity index is 1.17. The highest BCUT2D eigenvalue weighted by atomic mass is 16.2. The minimum atomic E-state index is -0.591.